The topological polar surface area (TPSA) is 26.6 Å². The number of ether oxygens (including phenoxy) is 2. The third kappa shape index (κ3) is 4.54. The van der Waals surface area contributed by atoms with Gasteiger partial charge in [0.05, 0.1) is 22.1 Å². The van der Waals surface area contributed by atoms with Crippen molar-refractivity contribution in [2.24, 2.45) is 0 Å². The van der Waals surface area contributed by atoms with Gasteiger partial charge in [0.2, 0.25) is 0 Å². The maximum Gasteiger partial charge on any atom is 0.180 e. The second-order valence-electron chi connectivity index (χ2n) is 12.6. The van der Waals surface area contributed by atoms with Gasteiger partial charge in [-0.3, -0.25) is 0 Å². The molecule has 0 spiro atoms. The Kier molecular flexibility index (Phi) is 6.46. The van der Waals surface area contributed by atoms with Crippen LogP contribution in [0.3, 0.4) is 0 Å². The Morgan fingerprint density at radius 1 is 0.420 bits per heavy atom. The highest BCUT2D eigenvalue weighted by Crippen LogP contribution is 2.52. The first-order valence-corrected chi connectivity index (χ1v) is 16.8. The minimum Gasteiger partial charge on any atom is -0.449 e. The predicted molar refractivity (Wildman–Crippen MR) is 205 cm³/mol. The average molecular weight is 643 g/mol. The van der Waals surface area contributed by atoms with Crippen LogP contribution in [-0.2, 0) is 0 Å². The zero-order valence-electron chi connectivity index (χ0n) is 27.0. The Morgan fingerprint density at radius 3 is 1.90 bits per heavy atom. The van der Waals surface area contributed by atoms with Crippen LogP contribution in [0.1, 0.15) is 0 Å². The highest BCUT2D eigenvalue weighted by Gasteiger charge is 2.26. The maximum atomic E-state index is 6.70. The monoisotopic (exact) mass is 642 g/mol. The molecule has 2 heterocycles. The Labute approximate surface area is 289 Å². The van der Waals surface area contributed by atoms with Gasteiger partial charge in [0.15, 0.2) is 23.0 Å². The number of aromatic nitrogens is 1. The van der Waals surface area contributed by atoms with Crippen molar-refractivity contribution in [3.63, 3.8) is 0 Å². The van der Waals surface area contributed by atoms with Crippen molar-refractivity contribution < 1.29 is 9.47 Å². The summed E-state index contributed by atoms with van der Waals surface area (Å²) in [4.78, 5) is 2.35. The van der Waals surface area contributed by atoms with Crippen molar-refractivity contribution in [1.82, 2.24) is 4.57 Å². The van der Waals surface area contributed by atoms with Gasteiger partial charge >= 0.3 is 0 Å². The molecule has 1 aromatic heterocycles. The van der Waals surface area contributed by atoms with Crippen LogP contribution < -0.4 is 14.4 Å². The Bertz CT molecular complexity index is 2690. The second-order valence-corrected chi connectivity index (χ2v) is 12.6. The molecule has 0 amide bonds. The van der Waals surface area contributed by atoms with Crippen molar-refractivity contribution >= 4 is 49.6 Å². The molecule has 1 aliphatic rings. The van der Waals surface area contributed by atoms with E-state index in [1.54, 1.807) is 0 Å². The fourth-order valence-corrected chi connectivity index (χ4v) is 7.34. The fraction of sp³-hybridized carbons (Fsp3) is 0. The Balaban J connectivity index is 1.23. The van der Waals surface area contributed by atoms with Crippen LogP contribution in [0.4, 0.5) is 17.1 Å². The molecule has 9 aromatic rings. The van der Waals surface area contributed by atoms with Crippen molar-refractivity contribution in [1.29, 1.82) is 0 Å². The number of nitrogens with zero attached hydrogens (tertiary/aromatic N) is 2. The van der Waals surface area contributed by atoms with Gasteiger partial charge in [-0.2, -0.15) is 0 Å². The summed E-state index contributed by atoms with van der Waals surface area (Å²) in [5.74, 6) is 2.85. The fourth-order valence-electron chi connectivity index (χ4n) is 7.34. The first-order chi connectivity index (χ1) is 24.8. The Hall–Kier alpha value is -6.78. The Morgan fingerprint density at radius 2 is 1.08 bits per heavy atom. The summed E-state index contributed by atoms with van der Waals surface area (Å²) in [6.07, 6.45) is 0. The minimum atomic E-state index is 0.703. The van der Waals surface area contributed by atoms with Gasteiger partial charge in [-0.1, -0.05) is 109 Å². The third-order valence-corrected chi connectivity index (χ3v) is 9.62. The number of rotatable bonds is 5. The molecule has 236 valence electrons. The van der Waals surface area contributed by atoms with Crippen molar-refractivity contribution in [3.8, 4) is 39.8 Å². The van der Waals surface area contributed by atoms with E-state index in [1.165, 1.54) is 21.9 Å². The molecular formula is C46H30N2O2. The number of benzene rings is 8. The maximum absolute atomic E-state index is 6.70. The summed E-state index contributed by atoms with van der Waals surface area (Å²) >= 11 is 0. The van der Waals surface area contributed by atoms with E-state index < -0.39 is 0 Å². The number of anilines is 3. The largest absolute Gasteiger partial charge is 0.449 e. The van der Waals surface area contributed by atoms with E-state index in [4.69, 9.17) is 9.47 Å². The molecule has 0 saturated carbocycles. The van der Waals surface area contributed by atoms with Gasteiger partial charge in [-0.25, -0.2) is 0 Å². The first-order valence-electron chi connectivity index (χ1n) is 16.8. The molecule has 10 rings (SSSR count). The molecule has 0 bridgehead atoms. The molecule has 50 heavy (non-hydrogen) atoms. The molecule has 4 heteroatoms. The molecule has 8 aromatic carbocycles. The lowest BCUT2D eigenvalue weighted by atomic mass is 10.1. The summed E-state index contributed by atoms with van der Waals surface area (Å²) in [5.41, 5.74) is 8.82. The SMILES string of the molecule is c1ccc(-c2ccc(-n3c4ccc(N(c5ccccc5)c5cccc6ccccc56)cc4c4c5c(ccc43)Oc3ccccc3O5)cc2)cc1. The van der Waals surface area contributed by atoms with Gasteiger partial charge in [-0.05, 0) is 89.3 Å². The summed E-state index contributed by atoms with van der Waals surface area (Å²) < 4.78 is 15.5. The van der Waals surface area contributed by atoms with Crippen molar-refractivity contribution in [2.75, 3.05) is 4.90 Å². The molecular weight excluding hydrogens is 613 g/mol. The van der Waals surface area contributed by atoms with Crippen LogP contribution in [0.5, 0.6) is 23.0 Å². The third-order valence-electron chi connectivity index (χ3n) is 9.62. The van der Waals surface area contributed by atoms with Gasteiger partial charge in [-0.15, -0.1) is 0 Å². The van der Waals surface area contributed by atoms with E-state index >= 15 is 0 Å². The molecule has 0 unspecified atom stereocenters. The smallest absolute Gasteiger partial charge is 0.180 e. The molecule has 0 N–H and O–H groups in total. The highest BCUT2D eigenvalue weighted by molar-refractivity contribution is 6.15. The van der Waals surface area contributed by atoms with Crippen LogP contribution in [0, 0.1) is 0 Å². The lowest BCUT2D eigenvalue weighted by Crippen LogP contribution is -2.10. The highest BCUT2D eigenvalue weighted by atomic mass is 16.6. The molecule has 0 aliphatic carbocycles. The van der Waals surface area contributed by atoms with Crippen LogP contribution in [0.15, 0.2) is 182 Å². The standard InChI is InChI=1S/C46H30N2O2/c1-3-12-31(13-4-1)32-22-24-35(25-23-32)48-40-27-26-36(47(34-16-5-2-6-17-34)39-19-11-15-33-14-7-8-18-37(33)39)30-38(40)45-41(48)28-29-44-46(45)50-43-21-10-9-20-42(43)49-44/h1-30H. The van der Waals surface area contributed by atoms with Crippen LogP contribution >= 0.6 is 0 Å². The van der Waals surface area contributed by atoms with E-state index in [2.05, 4.69) is 155 Å². The summed E-state index contributed by atoms with van der Waals surface area (Å²) in [6.45, 7) is 0. The van der Waals surface area contributed by atoms with Crippen LogP contribution in [-0.4, -0.2) is 4.57 Å². The molecule has 0 fully saturated rings. The minimum absolute atomic E-state index is 0.703. The zero-order valence-corrected chi connectivity index (χ0v) is 27.0. The normalized spacial score (nSPS) is 11.9. The van der Waals surface area contributed by atoms with E-state index in [0.717, 1.165) is 50.3 Å². The lowest BCUT2D eigenvalue weighted by Gasteiger charge is -2.27. The van der Waals surface area contributed by atoms with Crippen LogP contribution in [0.2, 0.25) is 0 Å². The zero-order chi connectivity index (χ0) is 33.0. The quantitative estimate of drug-likeness (QED) is 0.187. The van der Waals surface area contributed by atoms with Crippen molar-refractivity contribution in [2.45, 2.75) is 0 Å². The lowest BCUT2D eigenvalue weighted by molar-refractivity contribution is 0.363. The molecule has 0 atom stereocenters. The summed E-state index contributed by atoms with van der Waals surface area (Å²) in [6, 6.07) is 63.7. The number of hydrogen-bond donors (Lipinski definition) is 0. The van der Waals surface area contributed by atoms with Gasteiger partial charge in [0.1, 0.15) is 0 Å². The van der Waals surface area contributed by atoms with E-state index in [0.29, 0.717) is 17.2 Å². The number of para-hydroxylation sites is 3. The average Bonchev–Trinajstić information content (AvgIpc) is 3.52. The van der Waals surface area contributed by atoms with Gasteiger partial charge < -0.3 is 18.9 Å². The van der Waals surface area contributed by atoms with Crippen LogP contribution in [0.25, 0.3) is 49.4 Å². The number of hydrogen-bond acceptors (Lipinski definition) is 3. The van der Waals surface area contributed by atoms with Gasteiger partial charge in [0.25, 0.3) is 0 Å². The summed E-state index contributed by atoms with van der Waals surface area (Å²) in [5, 5.41) is 4.46. The van der Waals surface area contributed by atoms with E-state index in [9.17, 15) is 0 Å². The van der Waals surface area contributed by atoms with Crippen molar-refractivity contribution in [3.05, 3.63) is 182 Å². The molecule has 0 saturated heterocycles. The first kappa shape index (κ1) is 28.3. The van der Waals surface area contributed by atoms with E-state index in [1.807, 2.05) is 36.4 Å². The molecule has 1 aliphatic heterocycles. The summed E-state index contributed by atoms with van der Waals surface area (Å²) in [7, 11) is 0. The number of fused-ring (bicyclic) bond motifs is 7. The predicted octanol–water partition coefficient (Wildman–Crippen LogP) is 13.0. The molecule has 0 radical (unpaired) electrons. The second kappa shape index (κ2) is 11.4. The van der Waals surface area contributed by atoms with Gasteiger partial charge in [0, 0.05) is 27.8 Å². The van der Waals surface area contributed by atoms with E-state index in [-0.39, 0.29) is 0 Å². The molecule has 4 nitrogen and oxygen atoms in total.